The lowest BCUT2D eigenvalue weighted by atomic mass is 10.2. The van der Waals surface area contributed by atoms with Gasteiger partial charge in [-0.05, 0) is 19.9 Å². The third-order valence-corrected chi connectivity index (χ3v) is 5.31. The summed E-state index contributed by atoms with van der Waals surface area (Å²) in [5, 5.41) is 0. The van der Waals surface area contributed by atoms with Crippen LogP contribution in [-0.4, -0.2) is 61.1 Å². The molecule has 1 atom stereocenters. The number of carbonyl (C=O) groups is 1. The second-order valence-electron chi connectivity index (χ2n) is 5.43. The minimum atomic E-state index is -4.48. The summed E-state index contributed by atoms with van der Waals surface area (Å²) in [5.74, 6) is -0.881. The first kappa shape index (κ1) is 21.2. The van der Waals surface area contributed by atoms with Gasteiger partial charge < -0.3 is 9.64 Å². The van der Waals surface area contributed by atoms with Gasteiger partial charge in [0.15, 0.2) is 16.4 Å². The standard InChI is InChI=1S/C15H21F3N2O4S/c1-4-20(11(3)9-25(22,23)5-2)14(21)12-6-7-13(19-8-12)24-10-15(16,17)18/h6-8,11H,4-5,9-10H2,1-3H3. The van der Waals surface area contributed by atoms with Crippen LogP contribution < -0.4 is 4.74 Å². The SMILES string of the molecule is CCN(C(=O)c1ccc(OCC(F)(F)F)nc1)C(C)CS(=O)(=O)CC. The van der Waals surface area contributed by atoms with Crippen molar-refractivity contribution in [3.05, 3.63) is 23.9 Å². The van der Waals surface area contributed by atoms with Gasteiger partial charge in [0.05, 0.1) is 11.3 Å². The Labute approximate surface area is 144 Å². The fraction of sp³-hybridized carbons (Fsp3) is 0.600. The van der Waals surface area contributed by atoms with E-state index in [0.717, 1.165) is 6.20 Å². The van der Waals surface area contributed by atoms with Gasteiger partial charge in [-0.1, -0.05) is 6.92 Å². The second-order valence-corrected chi connectivity index (χ2v) is 7.83. The van der Waals surface area contributed by atoms with Crippen LogP contribution in [0.15, 0.2) is 18.3 Å². The number of rotatable bonds is 8. The van der Waals surface area contributed by atoms with Crippen LogP contribution in [0.4, 0.5) is 13.2 Å². The minimum Gasteiger partial charge on any atom is -0.468 e. The van der Waals surface area contributed by atoms with Gasteiger partial charge in [-0.3, -0.25) is 4.79 Å². The van der Waals surface area contributed by atoms with E-state index >= 15 is 0 Å². The topological polar surface area (TPSA) is 76.6 Å². The summed E-state index contributed by atoms with van der Waals surface area (Å²) in [7, 11) is -3.25. The minimum absolute atomic E-state index is 0.0180. The number of carbonyl (C=O) groups excluding carboxylic acids is 1. The van der Waals surface area contributed by atoms with Crippen LogP contribution in [0, 0.1) is 0 Å². The Balaban J connectivity index is 2.82. The fourth-order valence-corrected chi connectivity index (χ4v) is 3.30. The summed E-state index contributed by atoms with van der Waals surface area (Å²) in [6, 6.07) is 1.92. The maximum absolute atomic E-state index is 12.5. The number of halogens is 3. The van der Waals surface area contributed by atoms with Gasteiger partial charge in [0, 0.05) is 30.6 Å². The Hall–Kier alpha value is -1.84. The molecule has 0 radical (unpaired) electrons. The average molecular weight is 382 g/mol. The summed E-state index contributed by atoms with van der Waals surface area (Å²) >= 11 is 0. The summed E-state index contributed by atoms with van der Waals surface area (Å²) in [5.41, 5.74) is 0.141. The van der Waals surface area contributed by atoms with Crippen LogP contribution in [0.5, 0.6) is 5.88 Å². The van der Waals surface area contributed by atoms with Crippen molar-refractivity contribution in [3.63, 3.8) is 0 Å². The van der Waals surface area contributed by atoms with E-state index < -0.39 is 34.6 Å². The molecule has 0 N–H and O–H groups in total. The number of aromatic nitrogens is 1. The normalized spacial score (nSPS) is 13.4. The Morgan fingerprint density at radius 2 is 1.96 bits per heavy atom. The molecule has 25 heavy (non-hydrogen) atoms. The van der Waals surface area contributed by atoms with Gasteiger partial charge in [-0.25, -0.2) is 13.4 Å². The lowest BCUT2D eigenvalue weighted by molar-refractivity contribution is -0.154. The molecule has 6 nitrogen and oxygen atoms in total. The van der Waals surface area contributed by atoms with Crippen LogP contribution in [0.2, 0.25) is 0 Å². The number of hydrogen-bond acceptors (Lipinski definition) is 5. The summed E-state index contributed by atoms with van der Waals surface area (Å²) < 4.78 is 64.2. The molecule has 1 amide bonds. The van der Waals surface area contributed by atoms with E-state index in [1.807, 2.05) is 0 Å². The molecule has 1 heterocycles. The van der Waals surface area contributed by atoms with Crippen molar-refractivity contribution in [2.75, 3.05) is 24.7 Å². The van der Waals surface area contributed by atoms with E-state index in [1.54, 1.807) is 13.8 Å². The van der Waals surface area contributed by atoms with Crippen LogP contribution in [0.1, 0.15) is 31.1 Å². The highest BCUT2D eigenvalue weighted by Gasteiger charge is 2.29. The first-order chi connectivity index (χ1) is 11.5. The van der Waals surface area contributed by atoms with Crippen LogP contribution >= 0.6 is 0 Å². The molecule has 0 spiro atoms. The molecule has 0 aromatic carbocycles. The molecule has 1 rings (SSSR count). The Morgan fingerprint density at radius 3 is 2.40 bits per heavy atom. The van der Waals surface area contributed by atoms with Gasteiger partial charge >= 0.3 is 6.18 Å². The molecule has 0 aliphatic carbocycles. The van der Waals surface area contributed by atoms with Crippen molar-refractivity contribution in [1.82, 2.24) is 9.88 Å². The molecule has 0 aliphatic rings. The largest absolute Gasteiger partial charge is 0.468 e. The van der Waals surface area contributed by atoms with Crippen molar-refractivity contribution in [2.24, 2.45) is 0 Å². The lowest BCUT2D eigenvalue weighted by Crippen LogP contribution is -2.42. The predicted octanol–water partition coefficient (Wildman–Crippen LogP) is 2.31. The van der Waals surface area contributed by atoms with E-state index in [0.29, 0.717) is 0 Å². The van der Waals surface area contributed by atoms with Gasteiger partial charge in [-0.2, -0.15) is 13.2 Å². The molecular formula is C15H21F3N2O4S. The predicted molar refractivity (Wildman–Crippen MR) is 86.3 cm³/mol. The van der Waals surface area contributed by atoms with E-state index in [9.17, 15) is 26.4 Å². The average Bonchev–Trinajstić information content (AvgIpc) is 2.53. The number of pyridine rings is 1. The molecule has 0 bridgehead atoms. The molecule has 142 valence electrons. The smallest absolute Gasteiger partial charge is 0.422 e. The maximum Gasteiger partial charge on any atom is 0.422 e. The lowest BCUT2D eigenvalue weighted by Gasteiger charge is -2.27. The molecular weight excluding hydrogens is 361 g/mol. The van der Waals surface area contributed by atoms with Crippen molar-refractivity contribution >= 4 is 15.7 Å². The zero-order valence-corrected chi connectivity index (χ0v) is 15.0. The Kier molecular flexibility index (Phi) is 7.21. The van der Waals surface area contributed by atoms with Gasteiger partial charge in [0.1, 0.15) is 0 Å². The monoisotopic (exact) mass is 382 g/mol. The van der Waals surface area contributed by atoms with E-state index in [2.05, 4.69) is 9.72 Å². The summed E-state index contributed by atoms with van der Waals surface area (Å²) in [6.45, 7) is 3.68. The van der Waals surface area contributed by atoms with Crippen LogP contribution in [-0.2, 0) is 9.84 Å². The Bertz CT molecular complexity index is 675. The molecule has 1 unspecified atom stereocenters. The number of nitrogens with zero attached hydrogens (tertiary/aromatic N) is 2. The highest BCUT2D eigenvalue weighted by Crippen LogP contribution is 2.18. The maximum atomic E-state index is 12.5. The van der Waals surface area contributed by atoms with E-state index in [-0.39, 0.29) is 29.5 Å². The molecule has 0 saturated heterocycles. The van der Waals surface area contributed by atoms with Crippen molar-refractivity contribution < 1.29 is 31.1 Å². The van der Waals surface area contributed by atoms with Gasteiger partial charge in [0.25, 0.3) is 5.91 Å². The van der Waals surface area contributed by atoms with E-state index in [1.165, 1.54) is 24.0 Å². The number of amides is 1. The third kappa shape index (κ3) is 6.89. The molecule has 0 saturated carbocycles. The van der Waals surface area contributed by atoms with E-state index in [4.69, 9.17) is 0 Å². The number of ether oxygens (including phenoxy) is 1. The zero-order valence-electron chi connectivity index (χ0n) is 14.2. The third-order valence-electron chi connectivity index (χ3n) is 3.44. The summed E-state index contributed by atoms with van der Waals surface area (Å²) in [6.07, 6.45) is -3.37. The fourth-order valence-electron chi connectivity index (χ4n) is 2.14. The Morgan fingerprint density at radius 1 is 1.32 bits per heavy atom. The van der Waals surface area contributed by atoms with Gasteiger partial charge in [0.2, 0.25) is 5.88 Å². The number of alkyl halides is 3. The molecule has 1 aromatic heterocycles. The zero-order chi connectivity index (χ0) is 19.3. The quantitative estimate of drug-likeness (QED) is 0.690. The molecule has 10 heteroatoms. The molecule has 1 aromatic rings. The first-order valence-electron chi connectivity index (χ1n) is 7.66. The second kappa shape index (κ2) is 8.50. The molecule has 0 fully saturated rings. The van der Waals surface area contributed by atoms with Crippen LogP contribution in [0.25, 0.3) is 0 Å². The van der Waals surface area contributed by atoms with Crippen molar-refractivity contribution in [2.45, 2.75) is 33.0 Å². The van der Waals surface area contributed by atoms with Crippen molar-refractivity contribution in [3.8, 4) is 5.88 Å². The highest BCUT2D eigenvalue weighted by atomic mass is 32.2. The number of hydrogen-bond donors (Lipinski definition) is 0. The molecule has 0 aliphatic heterocycles. The van der Waals surface area contributed by atoms with Crippen molar-refractivity contribution in [1.29, 1.82) is 0 Å². The van der Waals surface area contributed by atoms with Gasteiger partial charge in [-0.15, -0.1) is 0 Å². The van der Waals surface area contributed by atoms with Crippen LogP contribution in [0.3, 0.4) is 0 Å². The highest BCUT2D eigenvalue weighted by molar-refractivity contribution is 7.91. The first-order valence-corrected chi connectivity index (χ1v) is 9.48. The summed E-state index contributed by atoms with van der Waals surface area (Å²) in [4.78, 5) is 17.5. The number of sulfone groups is 1.